The monoisotopic (exact) mass is 291 g/mol. The smallest absolute Gasteiger partial charge is 0.304 e. The van der Waals surface area contributed by atoms with Crippen molar-refractivity contribution < 1.29 is 9.90 Å². The second-order valence-electron chi connectivity index (χ2n) is 5.92. The van der Waals surface area contributed by atoms with Gasteiger partial charge in [0.05, 0.1) is 6.42 Å². The summed E-state index contributed by atoms with van der Waals surface area (Å²) >= 11 is 0. The van der Waals surface area contributed by atoms with Gasteiger partial charge in [-0.2, -0.15) is 0 Å². The van der Waals surface area contributed by atoms with E-state index < -0.39 is 5.97 Å². The van der Waals surface area contributed by atoms with Crippen molar-refractivity contribution in [2.75, 3.05) is 13.1 Å². The molecule has 3 nitrogen and oxygen atoms in total. The van der Waals surface area contributed by atoms with E-state index in [0.29, 0.717) is 0 Å². The Morgan fingerprint density at radius 1 is 1.19 bits per heavy atom. The van der Waals surface area contributed by atoms with E-state index >= 15 is 0 Å². The Kier molecular flexibility index (Phi) is 7.44. The number of benzene rings is 1. The molecule has 3 heteroatoms. The molecule has 0 amide bonds. The first-order chi connectivity index (χ1) is 9.97. The van der Waals surface area contributed by atoms with E-state index in [9.17, 15) is 9.90 Å². The van der Waals surface area contributed by atoms with E-state index in [2.05, 4.69) is 50.8 Å². The second-order valence-corrected chi connectivity index (χ2v) is 5.92. The third-order valence-corrected chi connectivity index (χ3v) is 3.90. The zero-order valence-electron chi connectivity index (χ0n) is 13.9. The Morgan fingerprint density at radius 3 is 2.29 bits per heavy atom. The van der Waals surface area contributed by atoms with Crippen molar-refractivity contribution in [1.82, 2.24) is 4.90 Å². The number of carbonyl (C=O) groups is 1. The van der Waals surface area contributed by atoms with Gasteiger partial charge in [0.2, 0.25) is 0 Å². The number of nitrogens with zero attached hydrogens (tertiary/aromatic N) is 1. The average Bonchev–Trinajstić information content (AvgIpc) is 2.40. The Hall–Kier alpha value is -1.35. The molecule has 0 aliphatic rings. The van der Waals surface area contributed by atoms with Gasteiger partial charge >= 0.3 is 5.97 Å². The average molecular weight is 291 g/mol. The predicted molar refractivity (Wildman–Crippen MR) is 87.8 cm³/mol. The Morgan fingerprint density at radius 2 is 1.81 bits per heavy atom. The summed E-state index contributed by atoms with van der Waals surface area (Å²) in [5, 5.41) is 9.23. The topological polar surface area (TPSA) is 40.5 Å². The number of rotatable bonds is 9. The first kappa shape index (κ1) is 17.7. The van der Waals surface area contributed by atoms with E-state index in [1.807, 2.05) is 0 Å². The Bertz CT molecular complexity index is 451. The number of hydrogen-bond donors (Lipinski definition) is 1. The first-order valence-corrected chi connectivity index (χ1v) is 7.99. The van der Waals surface area contributed by atoms with Crippen LogP contribution in [0.1, 0.15) is 49.8 Å². The van der Waals surface area contributed by atoms with Crippen LogP contribution in [0, 0.1) is 13.8 Å². The second kappa shape index (κ2) is 8.83. The first-order valence-electron chi connectivity index (χ1n) is 7.99. The van der Waals surface area contributed by atoms with Crippen molar-refractivity contribution in [2.45, 2.75) is 59.4 Å². The molecule has 0 radical (unpaired) electrons. The Labute approximate surface area is 129 Å². The highest BCUT2D eigenvalue weighted by Crippen LogP contribution is 2.18. The summed E-state index contributed by atoms with van der Waals surface area (Å²) in [6.07, 6.45) is 3.15. The molecule has 1 atom stereocenters. The molecule has 0 bridgehead atoms. The molecule has 0 spiro atoms. The lowest BCUT2D eigenvalue weighted by Crippen LogP contribution is -2.39. The highest BCUT2D eigenvalue weighted by molar-refractivity contribution is 5.67. The van der Waals surface area contributed by atoms with E-state index in [1.54, 1.807) is 0 Å². The van der Waals surface area contributed by atoms with E-state index in [4.69, 9.17) is 0 Å². The third kappa shape index (κ3) is 5.88. The highest BCUT2D eigenvalue weighted by Gasteiger charge is 2.21. The summed E-state index contributed by atoms with van der Waals surface area (Å²) in [7, 11) is 0. The van der Waals surface area contributed by atoms with Crippen LogP contribution in [0.3, 0.4) is 0 Å². The normalized spacial score (nSPS) is 12.6. The molecule has 0 heterocycles. The van der Waals surface area contributed by atoms with Gasteiger partial charge in [-0.15, -0.1) is 0 Å². The van der Waals surface area contributed by atoms with Crippen molar-refractivity contribution in [3.63, 3.8) is 0 Å². The van der Waals surface area contributed by atoms with Gasteiger partial charge in [0.25, 0.3) is 0 Å². The van der Waals surface area contributed by atoms with Gasteiger partial charge in [0, 0.05) is 6.04 Å². The highest BCUT2D eigenvalue weighted by atomic mass is 16.4. The molecule has 1 unspecified atom stereocenters. The lowest BCUT2D eigenvalue weighted by atomic mass is 9.96. The van der Waals surface area contributed by atoms with Crippen LogP contribution in [-0.4, -0.2) is 35.1 Å². The fourth-order valence-corrected chi connectivity index (χ4v) is 2.91. The molecule has 0 saturated carbocycles. The lowest BCUT2D eigenvalue weighted by molar-refractivity contribution is -0.138. The minimum atomic E-state index is -0.707. The maximum Gasteiger partial charge on any atom is 0.304 e. The van der Waals surface area contributed by atoms with Crippen LogP contribution in [0.15, 0.2) is 18.2 Å². The number of aliphatic carboxylic acids is 1. The van der Waals surface area contributed by atoms with Gasteiger partial charge in [-0.25, -0.2) is 0 Å². The SMILES string of the molecule is CCCN(CCC)C(CC(=O)O)Cc1ccc(C)cc1C. The van der Waals surface area contributed by atoms with Crippen LogP contribution in [0.5, 0.6) is 0 Å². The molecule has 1 aromatic rings. The molecule has 0 saturated heterocycles. The molecule has 1 N–H and O–H groups in total. The quantitative estimate of drug-likeness (QED) is 0.752. The standard InChI is InChI=1S/C18H29NO2/c1-5-9-19(10-6-2)17(13-18(20)21)12-16-8-7-14(3)11-15(16)4/h7-8,11,17H,5-6,9-10,12-13H2,1-4H3,(H,20,21). The molecule has 21 heavy (non-hydrogen) atoms. The fraction of sp³-hybridized carbons (Fsp3) is 0.611. The number of carboxylic acids is 1. The number of carboxylic acid groups (broad SMARTS) is 1. The van der Waals surface area contributed by atoms with Gasteiger partial charge in [-0.3, -0.25) is 9.69 Å². The molecule has 0 aliphatic carbocycles. The summed E-state index contributed by atoms with van der Waals surface area (Å²) in [4.78, 5) is 13.6. The lowest BCUT2D eigenvalue weighted by Gasteiger charge is -2.31. The van der Waals surface area contributed by atoms with Crippen molar-refractivity contribution in [3.8, 4) is 0 Å². The van der Waals surface area contributed by atoms with Gasteiger partial charge in [-0.1, -0.05) is 37.6 Å². The van der Waals surface area contributed by atoms with Crippen LogP contribution in [0.25, 0.3) is 0 Å². The molecule has 0 fully saturated rings. The maximum absolute atomic E-state index is 11.2. The van der Waals surface area contributed by atoms with Crippen LogP contribution in [0.4, 0.5) is 0 Å². The van der Waals surface area contributed by atoms with Crippen LogP contribution in [0.2, 0.25) is 0 Å². The minimum Gasteiger partial charge on any atom is -0.481 e. The van der Waals surface area contributed by atoms with E-state index in [1.165, 1.54) is 16.7 Å². The number of hydrogen-bond acceptors (Lipinski definition) is 2. The zero-order chi connectivity index (χ0) is 15.8. The molecule has 118 valence electrons. The molecule has 0 aliphatic heterocycles. The van der Waals surface area contributed by atoms with Gasteiger partial charge in [0.1, 0.15) is 0 Å². The summed E-state index contributed by atoms with van der Waals surface area (Å²) in [5.74, 6) is -0.707. The van der Waals surface area contributed by atoms with Crippen LogP contribution < -0.4 is 0 Å². The van der Waals surface area contributed by atoms with Crippen molar-refractivity contribution in [1.29, 1.82) is 0 Å². The molecule has 1 aromatic carbocycles. The van der Waals surface area contributed by atoms with Crippen LogP contribution >= 0.6 is 0 Å². The van der Waals surface area contributed by atoms with Crippen molar-refractivity contribution >= 4 is 5.97 Å². The Balaban J connectivity index is 2.92. The molecule has 0 aromatic heterocycles. The number of aryl methyl sites for hydroxylation is 2. The fourth-order valence-electron chi connectivity index (χ4n) is 2.91. The van der Waals surface area contributed by atoms with Crippen molar-refractivity contribution in [2.24, 2.45) is 0 Å². The van der Waals surface area contributed by atoms with Gasteiger partial charge < -0.3 is 5.11 Å². The third-order valence-electron chi connectivity index (χ3n) is 3.90. The maximum atomic E-state index is 11.2. The minimum absolute atomic E-state index is 0.0869. The van der Waals surface area contributed by atoms with Gasteiger partial charge in [0.15, 0.2) is 0 Å². The van der Waals surface area contributed by atoms with Gasteiger partial charge in [-0.05, 0) is 57.3 Å². The summed E-state index contributed by atoms with van der Waals surface area (Å²) < 4.78 is 0. The predicted octanol–water partition coefficient (Wildman–Crippen LogP) is 3.81. The summed E-state index contributed by atoms with van der Waals surface area (Å²) in [5.41, 5.74) is 3.78. The van der Waals surface area contributed by atoms with Crippen molar-refractivity contribution in [3.05, 3.63) is 34.9 Å². The zero-order valence-corrected chi connectivity index (χ0v) is 13.9. The van der Waals surface area contributed by atoms with E-state index in [-0.39, 0.29) is 12.5 Å². The molecular weight excluding hydrogens is 262 g/mol. The largest absolute Gasteiger partial charge is 0.481 e. The molecular formula is C18H29NO2. The van der Waals surface area contributed by atoms with E-state index in [0.717, 1.165) is 32.4 Å². The summed E-state index contributed by atoms with van der Waals surface area (Å²) in [6, 6.07) is 6.53. The molecule has 1 rings (SSSR count). The van der Waals surface area contributed by atoms with Crippen LogP contribution in [-0.2, 0) is 11.2 Å². The summed E-state index contributed by atoms with van der Waals surface area (Å²) in [6.45, 7) is 10.4.